The average molecular weight is 243 g/mol. The summed E-state index contributed by atoms with van der Waals surface area (Å²) in [5.41, 5.74) is 0.694. The highest BCUT2D eigenvalue weighted by Crippen LogP contribution is 2.23. The van der Waals surface area contributed by atoms with E-state index in [2.05, 4.69) is 5.32 Å². The van der Waals surface area contributed by atoms with Crippen LogP contribution in [0.5, 0.6) is 0 Å². The first-order valence-electron chi connectivity index (χ1n) is 5.78. The van der Waals surface area contributed by atoms with Crippen LogP contribution in [0.3, 0.4) is 0 Å². The molecule has 17 heavy (non-hydrogen) atoms. The summed E-state index contributed by atoms with van der Waals surface area (Å²) in [6, 6.07) is 3.80. The second-order valence-corrected chi connectivity index (χ2v) is 4.65. The third-order valence-corrected chi connectivity index (χ3v) is 2.60. The molecule has 0 radical (unpaired) electrons. The van der Waals surface area contributed by atoms with E-state index in [9.17, 15) is 13.9 Å². The minimum atomic E-state index is -0.841. The molecular weight excluding hydrogens is 224 g/mol. The highest BCUT2D eigenvalue weighted by molar-refractivity contribution is 5.21. The third kappa shape index (κ3) is 4.06. The Morgan fingerprint density at radius 1 is 1.18 bits per heavy atom. The molecule has 0 heterocycles. The highest BCUT2D eigenvalue weighted by Gasteiger charge is 2.17. The Hall–Kier alpha value is -1.00. The Bertz CT molecular complexity index is 366. The molecule has 0 bridgehead atoms. The monoisotopic (exact) mass is 243 g/mol. The van der Waals surface area contributed by atoms with Gasteiger partial charge in [0.2, 0.25) is 0 Å². The average Bonchev–Trinajstić information content (AvgIpc) is 2.22. The van der Waals surface area contributed by atoms with Crippen molar-refractivity contribution in [2.24, 2.45) is 5.92 Å². The minimum absolute atomic E-state index is 0.0975. The fraction of sp³-hybridized carbons (Fsp3) is 0.538. The first-order chi connectivity index (χ1) is 7.91. The summed E-state index contributed by atoms with van der Waals surface area (Å²) in [5.74, 6) is -1.46. The molecule has 0 spiro atoms. The Kier molecular flexibility index (Phi) is 5.02. The summed E-state index contributed by atoms with van der Waals surface area (Å²) in [6.07, 6.45) is -0.471. The van der Waals surface area contributed by atoms with Crippen molar-refractivity contribution in [2.45, 2.75) is 32.9 Å². The van der Waals surface area contributed by atoms with Gasteiger partial charge >= 0.3 is 0 Å². The Labute approximate surface area is 101 Å². The Morgan fingerprint density at radius 2 is 1.82 bits per heavy atom. The van der Waals surface area contributed by atoms with Gasteiger partial charge in [0, 0.05) is 12.6 Å². The van der Waals surface area contributed by atoms with Gasteiger partial charge in [-0.05, 0) is 30.5 Å². The van der Waals surface area contributed by atoms with Gasteiger partial charge in [-0.3, -0.25) is 0 Å². The highest BCUT2D eigenvalue weighted by atomic mass is 19.2. The number of hydrogen-bond acceptors (Lipinski definition) is 2. The van der Waals surface area contributed by atoms with Crippen LogP contribution in [-0.2, 0) is 0 Å². The van der Waals surface area contributed by atoms with E-state index in [1.165, 1.54) is 6.07 Å². The first-order valence-corrected chi connectivity index (χ1v) is 5.78. The maximum Gasteiger partial charge on any atom is 0.159 e. The number of rotatable bonds is 5. The summed E-state index contributed by atoms with van der Waals surface area (Å²) < 4.78 is 26.0. The van der Waals surface area contributed by atoms with Crippen molar-refractivity contribution in [3.05, 3.63) is 35.4 Å². The predicted octanol–water partition coefficient (Wildman–Crippen LogP) is 2.63. The van der Waals surface area contributed by atoms with Crippen molar-refractivity contribution in [3.63, 3.8) is 0 Å². The van der Waals surface area contributed by atoms with Crippen molar-refractivity contribution >= 4 is 0 Å². The molecular formula is C13H19F2NO. The first kappa shape index (κ1) is 14.1. The maximum absolute atomic E-state index is 13.1. The van der Waals surface area contributed by atoms with Crippen molar-refractivity contribution in [2.75, 3.05) is 6.54 Å². The lowest BCUT2D eigenvalue weighted by Crippen LogP contribution is -2.31. The number of hydrogen-bond donors (Lipinski definition) is 2. The number of aliphatic hydroxyl groups is 1. The summed E-state index contributed by atoms with van der Waals surface area (Å²) in [6.45, 7) is 6.07. The molecule has 0 aliphatic heterocycles. The molecule has 1 aromatic rings. The van der Waals surface area contributed by atoms with Crippen LogP contribution < -0.4 is 5.32 Å². The number of benzene rings is 1. The lowest BCUT2D eigenvalue weighted by Gasteiger charge is -2.24. The van der Waals surface area contributed by atoms with Crippen LogP contribution in [0, 0.1) is 17.6 Å². The zero-order chi connectivity index (χ0) is 13.0. The van der Waals surface area contributed by atoms with Gasteiger partial charge in [0.25, 0.3) is 0 Å². The number of aliphatic hydroxyl groups excluding tert-OH is 1. The van der Waals surface area contributed by atoms with E-state index >= 15 is 0 Å². The van der Waals surface area contributed by atoms with Gasteiger partial charge in [-0.1, -0.05) is 19.9 Å². The van der Waals surface area contributed by atoms with Crippen LogP contribution >= 0.6 is 0 Å². The van der Waals surface area contributed by atoms with Crippen molar-refractivity contribution in [3.8, 4) is 0 Å². The van der Waals surface area contributed by atoms with Crippen LogP contribution in [0.25, 0.3) is 0 Å². The quantitative estimate of drug-likeness (QED) is 0.833. The molecule has 0 aromatic heterocycles. The lowest BCUT2D eigenvalue weighted by molar-refractivity contribution is 0.181. The Morgan fingerprint density at radius 3 is 2.29 bits per heavy atom. The summed E-state index contributed by atoms with van der Waals surface area (Å²) in [7, 11) is 0. The number of nitrogens with one attached hydrogen (secondary N) is 1. The van der Waals surface area contributed by atoms with E-state index in [4.69, 9.17) is 0 Å². The van der Waals surface area contributed by atoms with E-state index < -0.39 is 17.7 Å². The van der Waals surface area contributed by atoms with Gasteiger partial charge in [-0.15, -0.1) is 0 Å². The molecule has 2 nitrogen and oxygen atoms in total. The van der Waals surface area contributed by atoms with E-state index in [0.717, 1.165) is 6.07 Å². The molecule has 2 N–H and O–H groups in total. The molecule has 0 saturated carbocycles. The zero-order valence-corrected chi connectivity index (χ0v) is 10.4. The van der Waals surface area contributed by atoms with Gasteiger partial charge in [0.15, 0.2) is 11.6 Å². The molecule has 1 aromatic carbocycles. The van der Waals surface area contributed by atoms with Crippen molar-refractivity contribution < 1.29 is 13.9 Å². The smallest absolute Gasteiger partial charge is 0.159 e. The van der Waals surface area contributed by atoms with E-state index in [-0.39, 0.29) is 12.0 Å². The molecule has 0 fully saturated rings. The van der Waals surface area contributed by atoms with Gasteiger partial charge in [-0.25, -0.2) is 8.78 Å². The molecule has 0 saturated heterocycles. The van der Waals surface area contributed by atoms with Crippen LogP contribution in [0.15, 0.2) is 18.2 Å². The van der Waals surface area contributed by atoms with Crippen LogP contribution in [0.1, 0.15) is 32.4 Å². The predicted molar refractivity (Wildman–Crippen MR) is 63.6 cm³/mol. The fourth-order valence-corrected chi connectivity index (χ4v) is 1.74. The van der Waals surface area contributed by atoms with Gasteiger partial charge < -0.3 is 10.4 Å². The lowest BCUT2D eigenvalue weighted by atomic mass is 9.95. The second kappa shape index (κ2) is 6.07. The maximum atomic E-state index is 13.1. The second-order valence-electron chi connectivity index (χ2n) is 4.65. The van der Waals surface area contributed by atoms with E-state index in [0.29, 0.717) is 12.1 Å². The van der Waals surface area contributed by atoms with Crippen molar-refractivity contribution in [1.82, 2.24) is 5.32 Å². The Balaban J connectivity index is 2.85. The molecule has 0 amide bonds. The third-order valence-electron chi connectivity index (χ3n) is 2.60. The molecule has 0 aliphatic rings. The summed E-state index contributed by atoms with van der Waals surface area (Å²) >= 11 is 0. The van der Waals surface area contributed by atoms with E-state index in [1.807, 2.05) is 13.8 Å². The van der Waals surface area contributed by atoms with Gasteiger partial charge in [-0.2, -0.15) is 0 Å². The minimum Gasteiger partial charge on any atom is -0.392 e. The SMILES string of the molecule is CC(C)C(NC[C@@H](C)O)c1ccc(F)c(F)c1. The number of halogens is 2. The fourth-order valence-electron chi connectivity index (χ4n) is 1.74. The molecule has 96 valence electrons. The normalized spacial score (nSPS) is 15.0. The molecule has 1 unspecified atom stereocenters. The van der Waals surface area contributed by atoms with Gasteiger partial charge in [0.05, 0.1) is 6.10 Å². The molecule has 1 rings (SSSR count). The molecule has 2 atom stereocenters. The topological polar surface area (TPSA) is 32.3 Å². The summed E-state index contributed by atoms with van der Waals surface area (Å²) in [4.78, 5) is 0. The van der Waals surface area contributed by atoms with Crippen LogP contribution in [-0.4, -0.2) is 17.8 Å². The van der Waals surface area contributed by atoms with Gasteiger partial charge in [0.1, 0.15) is 0 Å². The van der Waals surface area contributed by atoms with Crippen LogP contribution in [0.2, 0.25) is 0 Å². The van der Waals surface area contributed by atoms with Crippen molar-refractivity contribution in [1.29, 1.82) is 0 Å². The van der Waals surface area contributed by atoms with Crippen LogP contribution in [0.4, 0.5) is 8.78 Å². The standard InChI is InChI=1S/C13H19F2NO/c1-8(2)13(16-7-9(3)17)10-4-5-11(14)12(15)6-10/h4-6,8-9,13,16-17H,7H2,1-3H3/t9-,13?/m1/s1. The largest absolute Gasteiger partial charge is 0.392 e. The summed E-state index contributed by atoms with van der Waals surface area (Å²) in [5, 5.41) is 12.4. The molecule has 4 heteroatoms. The molecule has 0 aliphatic carbocycles. The zero-order valence-electron chi connectivity index (χ0n) is 10.4. The van der Waals surface area contributed by atoms with E-state index in [1.54, 1.807) is 13.0 Å².